The first-order valence-electron chi connectivity index (χ1n) is 3.05. The van der Waals surface area contributed by atoms with E-state index in [1.54, 1.807) is 0 Å². The largest absolute Gasteiger partial charge is 0.381 e. The molecule has 4 heteroatoms. The maximum atomic E-state index is 10.7. The highest BCUT2D eigenvalue weighted by Crippen LogP contribution is 1.89. The number of sulfone groups is 1. The Kier molecular flexibility index (Phi) is 4.31. The van der Waals surface area contributed by atoms with Crippen molar-refractivity contribution in [1.29, 1.82) is 0 Å². The molecule has 0 aliphatic carbocycles. The number of hydrogen-bond donors (Lipinski definition) is 0. The van der Waals surface area contributed by atoms with E-state index in [0.29, 0.717) is 6.61 Å². The molecule has 0 bridgehead atoms. The molecule has 0 aromatic rings. The van der Waals surface area contributed by atoms with Gasteiger partial charge in [-0.25, -0.2) is 8.42 Å². The van der Waals surface area contributed by atoms with Gasteiger partial charge in [0.1, 0.15) is 0 Å². The Morgan fingerprint density at radius 3 is 2.60 bits per heavy atom. The molecule has 0 aliphatic heterocycles. The molecule has 0 radical (unpaired) electrons. The van der Waals surface area contributed by atoms with Crippen molar-refractivity contribution in [2.45, 2.75) is 6.92 Å². The van der Waals surface area contributed by atoms with E-state index in [0.717, 1.165) is 5.41 Å². The lowest BCUT2D eigenvalue weighted by Crippen LogP contribution is -2.08. The number of rotatable bonds is 5. The van der Waals surface area contributed by atoms with Crippen molar-refractivity contribution < 1.29 is 13.2 Å². The van der Waals surface area contributed by atoms with Crippen LogP contribution in [0.25, 0.3) is 0 Å². The van der Waals surface area contributed by atoms with E-state index < -0.39 is 9.84 Å². The normalized spacial score (nSPS) is 11.3. The summed E-state index contributed by atoms with van der Waals surface area (Å²) in [5.74, 6) is 0.0321. The van der Waals surface area contributed by atoms with Crippen molar-refractivity contribution in [3.8, 4) is 0 Å². The van der Waals surface area contributed by atoms with Gasteiger partial charge in [0.15, 0.2) is 9.84 Å². The third-order valence-electron chi connectivity index (χ3n) is 0.970. The highest BCUT2D eigenvalue weighted by Gasteiger charge is 2.02. The molecular formula is C6H12O3S. The van der Waals surface area contributed by atoms with E-state index in [2.05, 4.69) is 6.58 Å². The van der Waals surface area contributed by atoms with Crippen LogP contribution < -0.4 is 0 Å². The summed E-state index contributed by atoms with van der Waals surface area (Å²) in [6.07, 6.45) is 0. The standard InChI is InChI=1S/C6H12O3S/c1-3-9-5-6-10(7,8)4-2/h4H,2-3,5-6H2,1H3. The molecule has 0 aliphatic rings. The Bertz CT molecular complexity index is 181. The minimum absolute atomic E-state index is 0.0321. The summed E-state index contributed by atoms with van der Waals surface area (Å²) < 4.78 is 26.2. The predicted molar refractivity (Wildman–Crippen MR) is 40.5 cm³/mol. The van der Waals surface area contributed by atoms with E-state index in [1.807, 2.05) is 6.92 Å². The van der Waals surface area contributed by atoms with Crippen LogP contribution in [0.5, 0.6) is 0 Å². The molecule has 0 saturated carbocycles. The SMILES string of the molecule is C=CS(=O)(=O)CCOCC. The van der Waals surface area contributed by atoms with Gasteiger partial charge in [-0.2, -0.15) is 0 Å². The molecule has 0 N–H and O–H groups in total. The lowest BCUT2D eigenvalue weighted by molar-refractivity contribution is 0.163. The van der Waals surface area contributed by atoms with Crippen molar-refractivity contribution in [2.75, 3.05) is 19.0 Å². The van der Waals surface area contributed by atoms with Crippen LogP contribution in [0.3, 0.4) is 0 Å². The summed E-state index contributed by atoms with van der Waals surface area (Å²) in [5, 5.41) is 0.950. The molecule has 0 amide bonds. The van der Waals surface area contributed by atoms with Gasteiger partial charge < -0.3 is 4.74 Å². The first kappa shape index (κ1) is 9.65. The molecule has 0 fully saturated rings. The average molecular weight is 164 g/mol. The second kappa shape index (κ2) is 4.46. The fourth-order valence-electron chi connectivity index (χ4n) is 0.403. The van der Waals surface area contributed by atoms with Crippen molar-refractivity contribution >= 4 is 9.84 Å². The Labute approximate surface area is 61.6 Å². The molecule has 0 rings (SSSR count). The van der Waals surface area contributed by atoms with Gasteiger partial charge >= 0.3 is 0 Å². The number of ether oxygens (including phenoxy) is 1. The Hall–Kier alpha value is -0.350. The molecule has 0 atom stereocenters. The van der Waals surface area contributed by atoms with E-state index in [-0.39, 0.29) is 12.4 Å². The fourth-order valence-corrected chi connectivity index (χ4v) is 0.920. The van der Waals surface area contributed by atoms with E-state index >= 15 is 0 Å². The van der Waals surface area contributed by atoms with Crippen LogP contribution in [0.4, 0.5) is 0 Å². The van der Waals surface area contributed by atoms with Crippen molar-refractivity contribution in [1.82, 2.24) is 0 Å². The second-order valence-electron chi connectivity index (χ2n) is 1.73. The molecular weight excluding hydrogens is 152 g/mol. The van der Waals surface area contributed by atoms with Gasteiger partial charge in [-0.15, -0.1) is 0 Å². The van der Waals surface area contributed by atoms with Crippen LogP contribution >= 0.6 is 0 Å². The molecule has 60 valence electrons. The van der Waals surface area contributed by atoms with Gasteiger partial charge in [-0.3, -0.25) is 0 Å². The van der Waals surface area contributed by atoms with Crippen molar-refractivity contribution in [2.24, 2.45) is 0 Å². The molecule has 0 unspecified atom stereocenters. The predicted octanol–water partition coefficient (Wildman–Crippen LogP) is 0.581. The van der Waals surface area contributed by atoms with E-state index in [4.69, 9.17) is 4.74 Å². The van der Waals surface area contributed by atoms with Gasteiger partial charge in [0.05, 0.1) is 12.4 Å². The summed E-state index contributed by atoms with van der Waals surface area (Å²) in [6.45, 7) is 5.79. The van der Waals surface area contributed by atoms with Crippen LogP contribution in [-0.2, 0) is 14.6 Å². The summed E-state index contributed by atoms with van der Waals surface area (Å²) in [6, 6.07) is 0. The molecule has 10 heavy (non-hydrogen) atoms. The van der Waals surface area contributed by atoms with Crippen LogP contribution in [0.1, 0.15) is 6.92 Å². The maximum Gasteiger partial charge on any atom is 0.173 e. The zero-order chi connectivity index (χ0) is 8.04. The zero-order valence-corrected chi connectivity index (χ0v) is 6.86. The van der Waals surface area contributed by atoms with Crippen molar-refractivity contribution in [3.05, 3.63) is 12.0 Å². The molecule has 0 aromatic heterocycles. The summed E-state index contributed by atoms with van der Waals surface area (Å²) in [7, 11) is -3.05. The van der Waals surface area contributed by atoms with Crippen LogP contribution in [0.15, 0.2) is 12.0 Å². The minimum atomic E-state index is -3.05. The first-order chi connectivity index (χ1) is 4.62. The highest BCUT2D eigenvalue weighted by atomic mass is 32.2. The fraction of sp³-hybridized carbons (Fsp3) is 0.667. The van der Waals surface area contributed by atoms with Crippen LogP contribution in [0, 0.1) is 0 Å². The lowest BCUT2D eigenvalue weighted by Gasteiger charge is -1.97. The topological polar surface area (TPSA) is 43.4 Å². The zero-order valence-electron chi connectivity index (χ0n) is 6.04. The Balaban J connectivity index is 3.59. The Morgan fingerprint density at radius 2 is 2.20 bits per heavy atom. The average Bonchev–Trinajstić information content (AvgIpc) is 1.89. The maximum absolute atomic E-state index is 10.7. The van der Waals surface area contributed by atoms with E-state index in [1.165, 1.54) is 0 Å². The van der Waals surface area contributed by atoms with Gasteiger partial charge in [0.25, 0.3) is 0 Å². The minimum Gasteiger partial charge on any atom is -0.381 e. The lowest BCUT2D eigenvalue weighted by atomic mass is 10.8. The van der Waals surface area contributed by atoms with Crippen molar-refractivity contribution in [3.63, 3.8) is 0 Å². The van der Waals surface area contributed by atoms with Crippen LogP contribution in [-0.4, -0.2) is 27.4 Å². The Morgan fingerprint density at radius 1 is 1.60 bits per heavy atom. The quantitative estimate of drug-likeness (QED) is 0.558. The van der Waals surface area contributed by atoms with Crippen LogP contribution in [0.2, 0.25) is 0 Å². The molecule has 0 aromatic carbocycles. The van der Waals surface area contributed by atoms with Gasteiger partial charge in [0, 0.05) is 12.0 Å². The molecule has 0 saturated heterocycles. The monoisotopic (exact) mass is 164 g/mol. The van der Waals surface area contributed by atoms with E-state index in [9.17, 15) is 8.42 Å². The van der Waals surface area contributed by atoms with Gasteiger partial charge in [-0.1, -0.05) is 6.58 Å². The summed E-state index contributed by atoms with van der Waals surface area (Å²) >= 11 is 0. The first-order valence-corrected chi connectivity index (χ1v) is 4.77. The third-order valence-corrected chi connectivity index (χ3v) is 2.21. The highest BCUT2D eigenvalue weighted by molar-refractivity contribution is 7.94. The third kappa shape index (κ3) is 4.52. The van der Waals surface area contributed by atoms with Gasteiger partial charge in [0.2, 0.25) is 0 Å². The van der Waals surface area contributed by atoms with Gasteiger partial charge in [-0.05, 0) is 6.92 Å². The second-order valence-corrected chi connectivity index (χ2v) is 3.80. The summed E-state index contributed by atoms with van der Waals surface area (Å²) in [5.41, 5.74) is 0. The molecule has 0 spiro atoms. The number of hydrogen-bond acceptors (Lipinski definition) is 3. The molecule has 0 heterocycles. The smallest absolute Gasteiger partial charge is 0.173 e. The molecule has 3 nitrogen and oxygen atoms in total. The summed E-state index contributed by atoms with van der Waals surface area (Å²) in [4.78, 5) is 0.